The first-order chi connectivity index (χ1) is 11.3. The second kappa shape index (κ2) is 5.98. The van der Waals surface area contributed by atoms with Crippen LogP contribution in [0.25, 0.3) is 10.9 Å². The van der Waals surface area contributed by atoms with Crippen LogP contribution < -0.4 is 0 Å². The van der Waals surface area contributed by atoms with Crippen molar-refractivity contribution in [1.29, 1.82) is 0 Å². The molecule has 0 radical (unpaired) electrons. The van der Waals surface area contributed by atoms with Crippen molar-refractivity contribution in [2.75, 3.05) is 20.3 Å². The van der Waals surface area contributed by atoms with Gasteiger partial charge in [-0.25, -0.2) is 0 Å². The SMILES string of the molecule is CO[C@@H]1CC[C@H]2OCCN(C(=O)c3cccc4cc[nH]c34)[C@@H]2C1. The number of hydrogen-bond donors (Lipinski definition) is 1. The molecule has 0 bridgehead atoms. The lowest BCUT2D eigenvalue weighted by molar-refractivity contribution is -0.101. The lowest BCUT2D eigenvalue weighted by Crippen LogP contribution is -2.57. The average Bonchev–Trinajstić information content (AvgIpc) is 3.08. The quantitative estimate of drug-likeness (QED) is 0.927. The number of nitrogens with zero attached hydrogens (tertiary/aromatic N) is 1. The van der Waals surface area contributed by atoms with Crippen molar-refractivity contribution >= 4 is 16.8 Å². The predicted octanol–water partition coefficient (Wildman–Crippen LogP) is 2.58. The van der Waals surface area contributed by atoms with Crippen molar-refractivity contribution in [1.82, 2.24) is 9.88 Å². The third kappa shape index (κ3) is 2.54. The van der Waals surface area contributed by atoms with Gasteiger partial charge in [-0.15, -0.1) is 0 Å². The number of H-pyrrole nitrogens is 1. The van der Waals surface area contributed by atoms with Gasteiger partial charge in [-0.05, 0) is 31.4 Å². The van der Waals surface area contributed by atoms with E-state index in [-0.39, 0.29) is 24.2 Å². The van der Waals surface area contributed by atoms with Crippen molar-refractivity contribution < 1.29 is 14.3 Å². The molecule has 23 heavy (non-hydrogen) atoms. The molecule has 1 amide bonds. The standard InChI is InChI=1S/C18H22N2O3/c1-22-13-5-6-16-15(11-13)20(9-10-23-16)18(21)14-4-2-3-12-7-8-19-17(12)14/h2-4,7-8,13,15-16,19H,5-6,9-11H2,1H3/t13-,15-,16-/m1/s1. The summed E-state index contributed by atoms with van der Waals surface area (Å²) in [7, 11) is 1.75. The average molecular weight is 314 g/mol. The normalized spacial score (nSPS) is 27.9. The highest BCUT2D eigenvalue weighted by Gasteiger charge is 2.40. The minimum atomic E-state index is 0.0908. The second-order valence-electron chi connectivity index (χ2n) is 6.39. The molecule has 2 aromatic rings. The zero-order valence-electron chi connectivity index (χ0n) is 13.3. The summed E-state index contributed by atoms with van der Waals surface area (Å²) in [5.74, 6) is 0.0908. The van der Waals surface area contributed by atoms with Crippen LogP contribution in [-0.2, 0) is 9.47 Å². The number of morpholine rings is 1. The summed E-state index contributed by atoms with van der Waals surface area (Å²) in [6, 6.07) is 7.98. The number of carbonyl (C=O) groups is 1. The molecule has 0 spiro atoms. The molecule has 1 saturated carbocycles. The summed E-state index contributed by atoms with van der Waals surface area (Å²) in [5, 5.41) is 1.07. The minimum Gasteiger partial charge on any atom is -0.381 e. The summed E-state index contributed by atoms with van der Waals surface area (Å²) in [4.78, 5) is 18.4. The van der Waals surface area contributed by atoms with Crippen LogP contribution in [0.3, 0.4) is 0 Å². The van der Waals surface area contributed by atoms with E-state index < -0.39 is 0 Å². The summed E-state index contributed by atoms with van der Waals surface area (Å²) in [6.07, 6.45) is 5.06. The van der Waals surface area contributed by atoms with Crippen LogP contribution >= 0.6 is 0 Å². The van der Waals surface area contributed by atoms with Crippen LogP contribution in [0.15, 0.2) is 30.5 Å². The van der Waals surface area contributed by atoms with Crippen LogP contribution in [0.4, 0.5) is 0 Å². The van der Waals surface area contributed by atoms with Crippen LogP contribution in [0.1, 0.15) is 29.6 Å². The van der Waals surface area contributed by atoms with E-state index in [1.54, 1.807) is 7.11 Å². The fourth-order valence-corrected chi connectivity index (χ4v) is 3.96. The van der Waals surface area contributed by atoms with Crippen LogP contribution in [0.5, 0.6) is 0 Å². The van der Waals surface area contributed by atoms with E-state index in [0.717, 1.165) is 35.7 Å². The van der Waals surface area contributed by atoms with Crippen molar-refractivity contribution in [3.8, 4) is 0 Å². The Morgan fingerprint density at radius 3 is 3.13 bits per heavy atom. The Morgan fingerprint density at radius 1 is 1.35 bits per heavy atom. The third-order valence-electron chi connectivity index (χ3n) is 5.18. The molecule has 2 heterocycles. The summed E-state index contributed by atoms with van der Waals surface area (Å²) >= 11 is 0. The van der Waals surface area contributed by atoms with Gasteiger partial charge in [0.05, 0.1) is 35.9 Å². The van der Waals surface area contributed by atoms with E-state index in [1.165, 1.54) is 0 Å². The summed E-state index contributed by atoms with van der Waals surface area (Å²) < 4.78 is 11.4. The molecule has 1 aliphatic carbocycles. The van der Waals surface area contributed by atoms with Gasteiger partial charge in [-0.2, -0.15) is 0 Å². The van der Waals surface area contributed by atoms with Crippen LogP contribution in [0, 0.1) is 0 Å². The molecule has 122 valence electrons. The Morgan fingerprint density at radius 2 is 2.26 bits per heavy atom. The lowest BCUT2D eigenvalue weighted by atomic mass is 9.87. The fraction of sp³-hybridized carbons (Fsp3) is 0.500. The molecule has 1 aliphatic heterocycles. The summed E-state index contributed by atoms with van der Waals surface area (Å²) in [6.45, 7) is 1.26. The number of nitrogens with one attached hydrogen (secondary N) is 1. The molecule has 1 aromatic heterocycles. The van der Waals surface area contributed by atoms with E-state index in [2.05, 4.69) is 4.98 Å². The number of aromatic nitrogens is 1. The molecule has 2 aliphatic rings. The number of rotatable bonds is 2. The van der Waals surface area contributed by atoms with E-state index in [0.29, 0.717) is 13.2 Å². The van der Waals surface area contributed by atoms with E-state index in [9.17, 15) is 4.79 Å². The number of aromatic amines is 1. The zero-order valence-corrected chi connectivity index (χ0v) is 13.3. The molecule has 2 fully saturated rings. The molecule has 0 unspecified atom stereocenters. The first-order valence-electron chi connectivity index (χ1n) is 8.29. The number of para-hydroxylation sites is 1. The monoisotopic (exact) mass is 314 g/mol. The Hall–Kier alpha value is -1.85. The molecule has 1 N–H and O–H groups in total. The largest absolute Gasteiger partial charge is 0.381 e. The van der Waals surface area contributed by atoms with Gasteiger partial charge < -0.3 is 19.4 Å². The van der Waals surface area contributed by atoms with Gasteiger partial charge in [0.25, 0.3) is 5.91 Å². The van der Waals surface area contributed by atoms with Crippen molar-refractivity contribution in [3.63, 3.8) is 0 Å². The predicted molar refractivity (Wildman–Crippen MR) is 87.5 cm³/mol. The molecule has 5 heteroatoms. The number of carbonyl (C=O) groups excluding carboxylic acids is 1. The highest BCUT2D eigenvalue weighted by atomic mass is 16.5. The van der Waals surface area contributed by atoms with Crippen molar-refractivity contribution in [2.45, 2.75) is 37.5 Å². The van der Waals surface area contributed by atoms with Gasteiger partial charge >= 0.3 is 0 Å². The van der Waals surface area contributed by atoms with E-state index in [1.807, 2.05) is 35.4 Å². The van der Waals surface area contributed by atoms with Crippen molar-refractivity contribution in [3.05, 3.63) is 36.0 Å². The number of amides is 1. The van der Waals surface area contributed by atoms with Gasteiger partial charge in [0.2, 0.25) is 0 Å². The Labute approximate surface area is 135 Å². The third-order valence-corrected chi connectivity index (χ3v) is 5.18. The second-order valence-corrected chi connectivity index (χ2v) is 6.39. The molecule has 5 nitrogen and oxygen atoms in total. The van der Waals surface area contributed by atoms with Crippen LogP contribution in [0.2, 0.25) is 0 Å². The molecular weight excluding hydrogens is 292 g/mol. The molecule has 1 saturated heterocycles. The number of fused-ring (bicyclic) bond motifs is 2. The van der Waals surface area contributed by atoms with Crippen molar-refractivity contribution in [2.24, 2.45) is 0 Å². The number of ether oxygens (including phenoxy) is 2. The maximum absolute atomic E-state index is 13.2. The molecule has 4 rings (SSSR count). The lowest BCUT2D eigenvalue weighted by Gasteiger charge is -2.45. The molecule has 3 atom stereocenters. The van der Waals surface area contributed by atoms with Gasteiger partial charge in [0.1, 0.15) is 0 Å². The van der Waals surface area contributed by atoms with Crippen LogP contribution in [-0.4, -0.2) is 54.3 Å². The first-order valence-corrected chi connectivity index (χ1v) is 8.29. The van der Waals surface area contributed by atoms with E-state index in [4.69, 9.17) is 9.47 Å². The molecular formula is C18H22N2O3. The highest BCUT2D eigenvalue weighted by Crippen LogP contribution is 2.31. The number of methoxy groups -OCH3 is 1. The Bertz CT molecular complexity index is 711. The Balaban J connectivity index is 1.65. The van der Waals surface area contributed by atoms with Gasteiger partial charge in [-0.1, -0.05) is 12.1 Å². The summed E-state index contributed by atoms with van der Waals surface area (Å²) in [5.41, 5.74) is 1.66. The van der Waals surface area contributed by atoms with E-state index >= 15 is 0 Å². The maximum Gasteiger partial charge on any atom is 0.256 e. The zero-order chi connectivity index (χ0) is 15.8. The smallest absolute Gasteiger partial charge is 0.256 e. The first kappa shape index (κ1) is 14.7. The number of benzene rings is 1. The molecule has 1 aromatic carbocycles. The highest BCUT2D eigenvalue weighted by molar-refractivity contribution is 6.05. The Kier molecular flexibility index (Phi) is 3.83. The fourth-order valence-electron chi connectivity index (χ4n) is 3.96. The van der Waals surface area contributed by atoms with Gasteiger partial charge in [-0.3, -0.25) is 4.79 Å². The topological polar surface area (TPSA) is 54.6 Å². The number of hydrogen-bond acceptors (Lipinski definition) is 3. The minimum absolute atomic E-state index is 0.0908. The van der Waals surface area contributed by atoms with Gasteiger partial charge in [0, 0.05) is 25.2 Å². The van der Waals surface area contributed by atoms with Gasteiger partial charge in [0.15, 0.2) is 0 Å². The maximum atomic E-state index is 13.2.